The first-order valence-electron chi connectivity index (χ1n) is 6.42. The highest BCUT2D eigenvalue weighted by Gasteiger charge is 2.17. The van der Waals surface area contributed by atoms with Crippen molar-refractivity contribution in [1.29, 1.82) is 0 Å². The molecule has 0 aliphatic carbocycles. The molecule has 0 saturated carbocycles. The van der Waals surface area contributed by atoms with E-state index < -0.39 is 0 Å². The molecule has 2 aromatic rings. The Balaban J connectivity index is 1.88. The molecule has 4 nitrogen and oxygen atoms in total. The van der Waals surface area contributed by atoms with Crippen LogP contribution in [0.15, 0.2) is 42.5 Å². The van der Waals surface area contributed by atoms with Crippen LogP contribution in [-0.2, 0) is 0 Å². The van der Waals surface area contributed by atoms with Crippen molar-refractivity contribution in [2.24, 2.45) is 0 Å². The number of amides is 1. The normalized spacial score (nSPS) is 12.8. The highest BCUT2D eigenvalue weighted by Crippen LogP contribution is 2.29. The van der Waals surface area contributed by atoms with Gasteiger partial charge in [-0.3, -0.25) is 4.79 Å². The Morgan fingerprint density at radius 2 is 1.90 bits per heavy atom. The number of benzene rings is 2. The summed E-state index contributed by atoms with van der Waals surface area (Å²) in [6.07, 6.45) is 0. The second-order valence-corrected chi connectivity index (χ2v) is 4.98. The summed E-state index contributed by atoms with van der Waals surface area (Å²) in [5, 5.41) is 9.98. The van der Waals surface area contributed by atoms with Gasteiger partial charge in [-0.15, -0.1) is 0 Å². The smallest absolute Gasteiger partial charge is 0.257 e. The van der Waals surface area contributed by atoms with E-state index in [0.717, 1.165) is 24.5 Å². The van der Waals surface area contributed by atoms with Gasteiger partial charge in [-0.05, 0) is 30.3 Å². The van der Waals surface area contributed by atoms with Crippen molar-refractivity contribution < 1.29 is 4.79 Å². The minimum absolute atomic E-state index is 0.152. The zero-order chi connectivity index (χ0) is 13.9. The van der Waals surface area contributed by atoms with Crippen molar-refractivity contribution in [2.45, 2.75) is 0 Å². The molecule has 1 amide bonds. The monoisotopic (exact) mass is 287 g/mol. The first kappa shape index (κ1) is 12.8. The van der Waals surface area contributed by atoms with Crippen LogP contribution >= 0.6 is 11.6 Å². The molecular weight excluding hydrogens is 274 g/mol. The van der Waals surface area contributed by atoms with Crippen LogP contribution in [0.1, 0.15) is 10.4 Å². The van der Waals surface area contributed by atoms with Crippen molar-refractivity contribution in [3.05, 3.63) is 53.1 Å². The summed E-state index contributed by atoms with van der Waals surface area (Å²) in [4.78, 5) is 12.4. The molecule has 0 aromatic heterocycles. The summed E-state index contributed by atoms with van der Waals surface area (Å²) in [6.45, 7) is 1.65. The van der Waals surface area contributed by atoms with Crippen LogP contribution < -0.4 is 16.0 Å². The summed E-state index contributed by atoms with van der Waals surface area (Å²) < 4.78 is 0. The second kappa shape index (κ2) is 5.43. The maximum atomic E-state index is 12.4. The van der Waals surface area contributed by atoms with Crippen molar-refractivity contribution in [3.8, 4) is 0 Å². The number of carbonyl (C=O) groups excluding carboxylic acids is 1. The van der Waals surface area contributed by atoms with Crippen LogP contribution in [0.4, 0.5) is 17.1 Å². The number of para-hydroxylation sites is 1. The zero-order valence-electron chi connectivity index (χ0n) is 10.7. The van der Waals surface area contributed by atoms with E-state index in [0.29, 0.717) is 16.3 Å². The fourth-order valence-corrected chi connectivity index (χ4v) is 2.42. The van der Waals surface area contributed by atoms with Crippen LogP contribution in [0.25, 0.3) is 0 Å². The first-order valence-corrected chi connectivity index (χ1v) is 6.79. The van der Waals surface area contributed by atoms with Gasteiger partial charge in [0.15, 0.2) is 0 Å². The predicted molar refractivity (Wildman–Crippen MR) is 82.8 cm³/mol. The number of rotatable bonds is 2. The van der Waals surface area contributed by atoms with Gasteiger partial charge in [-0.1, -0.05) is 23.7 Å². The molecule has 3 rings (SSSR count). The Morgan fingerprint density at radius 1 is 1.10 bits per heavy atom. The third-order valence-corrected chi connectivity index (χ3v) is 3.37. The molecule has 0 radical (unpaired) electrons. The Hall–Kier alpha value is -2.20. The summed E-state index contributed by atoms with van der Waals surface area (Å²) in [5.74, 6) is -0.152. The lowest BCUT2D eigenvalue weighted by Gasteiger charge is -2.22. The number of carbonyl (C=O) groups is 1. The van der Waals surface area contributed by atoms with Gasteiger partial charge in [-0.2, -0.15) is 0 Å². The van der Waals surface area contributed by atoms with E-state index in [1.165, 1.54) is 0 Å². The van der Waals surface area contributed by atoms with Gasteiger partial charge in [0, 0.05) is 23.8 Å². The number of nitrogens with one attached hydrogen (secondary N) is 3. The minimum Gasteiger partial charge on any atom is -0.382 e. The molecule has 5 heteroatoms. The van der Waals surface area contributed by atoms with Gasteiger partial charge in [0.25, 0.3) is 5.91 Å². The number of hydrogen-bond acceptors (Lipinski definition) is 3. The number of anilines is 3. The van der Waals surface area contributed by atoms with Gasteiger partial charge in [0.1, 0.15) is 0 Å². The molecule has 1 aliphatic heterocycles. The largest absolute Gasteiger partial charge is 0.382 e. The number of fused-ring (bicyclic) bond motifs is 1. The maximum Gasteiger partial charge on any atom is 0.257 e. The predicted octanol–water partition coefficient (Wildman–Crippen LogP) is 3.43. The molecule has 1 heterocycles. The third kappa shape index (κ3) is 2.56. The van der Waals surface area contributed by atoms with Crippen LogP contribution in [0.2, 0.25) is 5.02 Å². The van der Waals surface area contributed by atoms with E-state index in [2.05, 4.69) is 16.0 Å². The number of halogens is 1. The lowest BCUT2D eigenvalue weighted by atomic mass is 10.1. The standard InChI is InChI=1S/C15H14ClN3O/c16-10-3-1-4-11(9-10)19-15(20)12-5-2-6-13-14(12)18-8-7-17-13/h1-6,9,17-18H,7-8H2,(H,19,20). The Kier molecular flexibility index (Phi) is 3.48. The summed E-state index contributed by atoms with van der Waals surface area (Å²) in [7, 11) is 0. The molecule has 1 aliphatic rings. The van der Waals surface area contributed by atoms with Crippen molar-refractivity contribution >= 4 is 34.6 Å². The Labute approximate surface area is 122 Å². The third-order valence-electron chi connectivity index (χ3n) is 3.13. The van der Waals surface area contributed by atoms with E-state index in [9.17, 15) is 4.79 Å². The quantitative estimate of drug-likeness (QED) is 0.793. The second-order valence-electron chi connectivity index (χ2n) is 4.55. The average Bonchev–Trinajstić information content (AvgIpc) is 2.46. The van der Waals surface area contributed by atoms with Gasteiger partial charge >= 0.3 is 0 Å². The van der Waals surface area contributed by atoms with Gasteiger partial charge in [0.05, 0.1) is 16.9 Å². The molecule has 0 atom stereocenters. The average molecular weight is 288 g/mol. The topological polar surface area (TPSA) is 53.2 Å². The van der Waals surface area contributed by atoms with Crippen molar-refractivity contribution in [3.63, 3.8) is 0 Å². The van der Waals surface area contributed by atoms with E-state index in [4.69, 9.17) is 11.6 Å². The lowest BCUT2D eigenvalue weighted by molar-refractivity contribution is 0.102. The van der Waals surface area contributed by atoms with Gasteiger partial charge in [0.2, 0.25) is 0 Å². The van der Waals surface area contributed by atoms with Crippen LogP contribution in [0, 0.1) is 0 Å². The van der Waals surface area contributed by atoms with E-state index in [1.54, 1.807) is 24.3 Å². The number of hydrogen-bond donors (Lipinski definition) is 3. The molecular formula is C15H14ClN3O. The first-order chi connectivity index (χ1) is 9.74. The van der Waals surface area contributed by atoms with Crippen LogP contribution in [0.3, 0.4) is 0 Å². The van der Waals surface area contributed by atoms with Crippen molar-refractivity contribution in [1.82, 2.24) is 0 Å². The highest BCUT2D eigenvalue weighted by molar-refractivity contribution is 6.31. The molecule has 0 spiro atoms. The van der Waals surface area contributed by atoms with E-state index in [1.807, 2.05) is 18.2 Å². The molecule has 20 heavy (non-hydrogen) atoms. The fourth-order valence-electron chi connectivity index (χ4n) is 2.23. The lowest BCUT2D eigenvalue weighted by Crippen LogP contribution is -2.24. The molecule has 0 saturated heterocycles. The highest BCUT2D eigenvalue weighted by atomic mass is 35.5. The summed E-state index contributed by atoms with van der Waals surface area (Å²) in [5.41, 5.74) is 3.10. The van der Waals surface area contributed by atoms with Gasteiger partial charge < -0.3 is 16.0 Å². The Morgan fingerprint density at radius 3 is 2.75 bits per heavy atom. The minimum atomic E-state index is -0.152. The Bertz CT molecular complexity index is 657. The SMILES string of the molecule is O=C(Nc1cccc(Cl)c1)c1cccc2c1NCCN2. The summed E-state index contributed by atoms with van der Waals surface area (Å²) >= 11 is 5.92. The van der Waals surface area contributed by atoms with E-state index in [-0.39, 0.29) is 5.91 Å². The maximum absolute atomic E-state index is 12.4. The molecule has 0 unspecified atom stereocenters. The molecule has 0 bridgehead atoms. The van der Waals surface area contributed by atoms with Crippen molar-refractivity contribution in [2.75, 3.05) is 29.0 Å². The van der Waals surface area contributed by atoms with Crippen LogP contribution in [-0.4, -0.2) is 19.0 Å². The zero-order valence-corrected chi connectivity index (χ0v) is 11.5. The summed E-state index contributed by atoms with van der Waals surface area (Å²) in [6, 6.07) is 12.7. The van der Waals surface area contributed by atoms with E-state index >= 15 is 0 Å². The molecule has 2 aromatic carbocycles. The van der Waals surface area contributed by atoms with Gasteiger partial charge in [-0.25, -0.2) is 0 Å². The fraction of sp³-hybridized carbons (Fsp3) is 0.133. The molecule has 0 fully saturated rings. The molecule has 3 N–H and O–H groups in total. The molecule has 102 valence electrons. The van der Waals surface area contributed by atoms with Crippen LogP contribution in [0.5, 0.6) is 0 Å².